The molecule has 0 saturated carbocycles. The van der Waals surface area contributed by atoms with E-state index in [0.717, 1.165) is 16.5 Å². The SMILES string of the molecule is CC(C)CC(NC(=O)C1CCCN1C(=O)C(N)Cc1c[nH]c2ccccc12)C(=O)NC(CC(N)=O)C(=O)O. The minimum atomic E-state index is -1.52. The Morgan fingerprint density at radius 2 is 1.84 bits per heavy atom. The molecular weight excluding hydrogens is 492 g/mol. The molecule has 38 heavy (non-hydrogen) atoms. The van der Waals surface area contributed by atoms with Gasteiger partial charge < -0.3 is 37.1 Å². The number of carboxylic acid groups (broad SMARTS) is 1. The van der Waals surface area contributed by atoms with Crippen molar-refractivity contribution < 1.29 is 29.1 Å². The number of hydrogen-bond donors (Lipinski definition) is 6. The van der Waals surface area contributed by atoms with E-state index in [0.29, 0.717) is 25.8 Å². The summed E-state index contributed by atoms with van der Waals surface area (Å²) in [6.07, 6.45) is 2.77. The number of amides is 4. The Morgan fingerprint density at radius 3 is 2.50 bits per heavy atom. The van der Waals surface area contributed by atoms with Gasteiger partial charge in [-0.25, -0.2) is 4.79 Å². The number of primary amides is 1. The molecular formula is C26H36N6O6. The number of carbonyl (C=O) groups is 5. The van der Waals surface area contributed by atoms with E-state index in [1.54, 1.807) is 0 Å². The number of fused-ring (bicyclic) bond motifs is 1. The molecule has 4 amide bonds. The summed E-state index contributed by atoms with van der Waals surface area (Å²) in [5, 5.41) is 15.3. The van der Waals surface area contributed by atoms with Crippen molar-refractivity contribution in [2.75, 3.05) is 6.54 Å². The molecule has 4 atom stereocenters. The number of nitrogens with zero attached hydrogens (tertiary/aromatic N) is 1. The molecule has 1 fully saturated rings. The van der Waals surface area contributed by atoms with Gasteiger partial charge >= 0.3 is 5.97 Å². The molecule has 2 aromatic rings. The van der Waals surface area contributed by atoms with Crippen LogP contribution in [0.2, 0.25) is 0 Å². The third kappa shape index (κ3) is 7.09. The zero-order valence-corrected chi connectivity index (χ0v) is 21.6. The van der Waals surface area contributed by atoms with Crippen molar-refractivity contribution in [3.63, 3.8) is 0 Å². The van der Waals surface area contributed by atoms with Gasteiger partial charge in [0.05, 0.1) is 12.5 Å². The molecule has 2 heterocycles. The first-order valence-electron chi connectivity index (χ1n) is 12.7. The molecule has 12 heteroatoms. The number of aliphatic carboxylic acids is 1. The van der Waals surface area contributed by atoms with Crippen LogP contribution < -0.4 is 22.1 Å². The average Bonchev–Trinajstić information content (AvgIpc) is 3.50. The maximum atomic E-state index is 13.3. The highest BCUT2D eigenvalue weighted by molar-refractivity contribution is 5.95. The van der Waals surface area contributed by atoms with E-state index in [1.807, 2.05) is 44.3 Å². The number of nitrogens with two attached hydrogens (primary N) is 2. The largest absolute Gasteiger partial charge is 0.480 e. The number of aromatic nitrogens is 1. The number of hydrogen-bond acceptors (Lipinski definition) is 6. The number of aromatic amines is 1. The van der Waals surface area contributed by atoms with Crippen molar-refractivity contribution in [2.45, 2.75) is 70.1 Å². The molecule has 1 aliphatic rings. The Labute approximate surface area is 220 Å². The fraction of sp³-hybridized carbons (Fsp3) is 0.500. The number of likely N-dealkylation sites (tertiary alicyclic amines) is 1. The van der Waals surface area contributed by atoms with Gasteiger partial charge in [-0.2, -0.15) is 0 Å². The van der Waals surface area contributed by atoms with E-state index >= 15 is 0 Å². The summed E-state index contributed by atoms with van der Waals surface area (Å²) in [5.41, 5.74) is 13.2. The Hall–Kier alpha value is -3.93. The van der Waals surface area contributed by atoms with Crippen molar-refractivity contribution in [1.82, 2.24) is 20.5 Å². The molecule has 3 rings (SSSR count). The summed E-state index contributed by atoms with van der Waals surface area (Å²) in [7, 11) is 0. The minimum Gasteiger partial charge on any atom is -0.480 e. The highest BCUT2D eigenvalue weighted by Crippen LogP contribution is 2.22. The van der Waals surface area contributed by atoms with E-state index in [9.17, 15) is 29.1 Å². The van der Waals surface area contributed by atoms with E-state index < -0.39 is 54.3 Å². The summed E-state index contributed by atoms with van der Waals surface area (Å²) in [5.74, 6) is -3.93. The molecule has 1 aliphatic heterocycles. The number of carbonyl (C=O) groups excluding carboxylic acids is 4. The van der Waals surface area contributed by atoms with E-state index in [4.69, 9.17) is 11.5 Å². The maximum absolute atomic E-state index is 13.3. The topological polar surface area (TPSA) is 201 Å². The zero-order valence-electron chi connectivity index (χ0n) is 21.6. The fourth-order valence-electron chi connectivity index (χ4n) is 4.79. The smallest absolute Gasteiger partial charge is 0.326 e. The van der Waals surface area contributed by atoms with Gasteiger partial charge in [-0.05, 0) is 43.2 Å². The predicted molar refractivity (Wildman–Crippen MR) is 139 cm³/mol. The predicted octanol–water partition coefficient (Wildman–Crippen LogP) is 0.00440. The van der Waals surface area contributed by atoms with Crippen molar-refractivity contribution in [1.29, 1.82) is 0 Å². The lowest BCUT2D eigenvalue weighted by Crippen LogP contribution is -2.57. The first-order valence-corrected chi connectivity index (χ1v) is 12.7. The summed E-state index contributed by atoms with van der Waals surface area (Å²) in [6, 6.07) is 3.46. The van der Waals surface area contributed by atoms with E-state index in [1.165, 1.54) is 4.90 Å². The Morgan fingerprint density at radius 1 is 1.13 bits per heavy atom. The normalized spacial score (nSPS) is 17.7. The molecule has 0 radical (unpaired) electrons. The van der Waals surface area contributed by atoms with E-state index in [-0.39, 0.29) is 18.2 Å². The van der Waals surface area contributed by atoms with Crippen molar-refractivity contribution >= 4 is 40.5 Å². The van der Waals surface area contributed by atoms with Gasteiger partial charge in [0.15, 0.2) is 0 Å². The van der Waals surface area contributed by atoms with Crippen LogP contribution in [-0.4, -0.2) is 75.3 Å². The first-order chi connectivity index (χ1) is 18.0. The highest BCUT2D eigenvalue weighted by Gasteiger charge is 2.38. The number of carboxylic acids is 1. The zero-order chi connectivity index (χ0) is 28.0. The van der Waals surface area contributed by atoms with Crippen molar-refractivity contribution in [3.8, 4) is 0 Å². The Kier molecular flexibility index (Phi) is 9.45. The lowest BCUT2D eigenvalue weighted by atomic mass is 10.0. The van der Waals surface area contributed by atoms with Gasteiger partial charge in [0.1, 0.15) is 18.1 Å². The van der Waals surface area contributed by atoms with Crippen LogP contribution in [-0.2, 0) is 30.4 Å². The molecule has 1 saturated heterocycles. The van der Waals surface area contributed by atoms with Crippen molar-refractivity contribution in [3.05, 3.63) is 36.0 Å². The minimum absolute atomic E-state index is 0.0172. The maximum Gasteiger partial charge on any atom is 0.326 e. The van der Waals surface area contributed by atoms with Crippen LogP contribution in [0.3, 0.4) is 0 Å². The second-order valence-corrected chi connectivity index (χ2v) is 10.1. The van der Waals surface area contributed by atoms with Gasteiger partial charge in [-0.15, -0.1) is 0 Å². The number of benzene rings is 1. The monoisotopic (exact) mass is 528 g/mol. The quantitative estimate of drug-likeness (QED) is 0.222. The van der Waals surface area contributed by atoms with Gasteiger partial charge in [-0.1, -0.05) is 32.0 Å². The third-order valence-electron chi connectivity index (χ3n) is 6.63. The van der Waals surface area contributed by atoms with Crippen molar-refractivity contribution in [2.24, 2.45) is 17.4 Å². The van der Waals surface area contributed by atoms with Crippen LogP contribution in [0.1, 0.15) is 45.1 Å². The Bertz CT molecular complexity index is 1190. The molecule has 1 aromatic heterocycles. The Balaban J connectivity index is 1.68. The molecule has 206 valence electrons. The summed E-state index contributed by atoms with van der Waals surface area (Å²) in [6.45, 7) is 4.05. The van der Waals surface area contributed by atoms with E-state index in [2.05, 4.69) is 15.6 Å². The molecule has 4 unspecified atom stereocenters. The molecule has 8 N–H and O–H groups in total. The highest BCUT2D eigenvalue weighted by atomic mass is 16.4. The second kappa shape index (κ2) is 12.5. The molecule has 0 aliphatic carbocycles. The lowest BCUT2D eigenvalue weighted by molar-refractivity contribution is -0.144. The summed E-state index contributed by atoms with van der Waals surface area (Å²) >= 11 is 0. The van der Waals surface area contributed by atoms with Gasteiger partial charge in [0.2, 0.25) is 23.6 Å². The molecule has 1 aromatic carbocycles. The van der Waals surface area contributed by atoms with Crippen LogP contribution in [0.25, 0.3) is 10.9 Å². The van der Waals surface area contributed by atoms with Crippen LogP contribution in [0, 0.1) is 5.92 Å². The summed E-state index contributed by atoms with van der Waals surface area (Å²) < 4.78 is 0. The number of H-pyrrole nitrogens is 1. The summed E-state index contributed by atoms with van der Waals surface area (Å²) in [4.78, 5) is 66.7. The third-order valence-corrected chi connectivity index (χ3v) is 6.63. The fourth-order valence-corrected chi connectivity index (χ4v) is 4.79. The van der Waals surface area contributed by atoms with Crippen LogP contribution in [0.5, 0.6) is 0 Å². The van der Waals surface area contributed by atoms with Crippen LogP contribution in [0.4, 0.5) is 0 Å². The van der Waals surface area contributed by atoms with Gasteiger partial charge in [0.25, 0.3) is 0 Å². The average molecular weight is 529 g/mol. The van der Waals surface area contributed by atoms with Crippen LogP contribution >= 0.6 is 0 Å². The standard InChI is InChI=1S/C26H36N6O6/c1-14(2)10-19(23(34)31-20(26(37)38)12-22(28)33)30-24(35)21-8-5-9-32(21)25(36)17(27)11-15-13-29-18-7-4-3-6-16(15)18/h3-4,6-7,13-14,17,19-21,29H,5,8-12,27H2,1-2H3,(H2,28,33)(H,30,35)(H,31,34)(H,37,38). The molecule has 0 spiro atoms. The van der Waals surface area contributed by atoms with Gasteiger partial charge in [-0.3, -0.25) is 19.2 Å². The lowest BCUT2D eigenvalue weighted by Gasteiger charge is -2.29. The number of para-hydroxylation sites is 1. The molecule has 0 bridgehead atoms. The van der Waals surface area contributed by atoms with Gasteiger partial charge in [0, 0.05) is 23.6 Å². The number of rotatable bonds is 12. The molecule has 12 nitrogen and oxygen atoms in total. The second-order valence-electron chi connectivity index (χ2n) is 10.1. The number of nitrogens with one attached hydrogen (secondary N) is 3. The van der Waals surface area contributed by atoms with Crippen LogP contribution in [0.15, 0.2) is 30.5 Å². The first kappa shape index (κ1) is 28.6.